The van der Waals surface area contributed by atoms with E-state index in [-0.39, 0.29) is 6.54 Å². The van der Waals surface area contributed by atoms with E-state index in [1.54, 1.807) is 0 Å². The molecule has 0 aliphatic rings. The van der Waals surface area contributed by atoms with E-state index in [0.717, 1.165) is 12.1 Å². The van der Waals surface area contributed by atoms with Crippen molar-refractivity contribution in [1.82, 2.24) is 0 Å². The van der Waals surface area contributed by atoms with Crippen molar-refractivity contribution in [2.45, 2.75) is 18.6 Å². The van der Waals surface area contributed by atoms with Crippen LogP contribution in [0, 0.1) is 0 Å². The van der Waals surface area contributed by atoms with Gasteiger partial charge in [-0.1, -0.05) is 0 Å². The highest BCUT2D eigenvalue weighted by atomic mass is 19.3. The summed E-state index contributed by atoms with van der Waals surface area (Å²) in [6, 6.07) is 4.82. The van der Waals surface area contributed by atoms with Gasteiger partial charge in [-0.25, -0.2) is 0 Å². The molecule has 8 heteroatoms. The van der Waals surface area contributed by atoms with Crippen molar-refractivity contribution in [1.29, 1.82) is 0 Å². The third-order valence-electron chi connectivity index (χ3n) is 2.11. The lowest BCUT2D eigenvalue weighted by Gasteiger charge is -2.17. The SMILES string of the molecule is OCC(O)CNc1ccc(OC(F)(F)C(F)F)cc1. The van der Waals surface area contributed by atoms with Gasteiger partial charge in [-0.3, -0.25) is 0 Å². The van der Waals surface area contributed by atoms with E-state index in [0.29, 0.717) is 5.69 Å². The summed E-state index contributed by atoms with van der Waals surface area (Å²) in [7, 11) is 0. The van der Waals surface area contributed by atoms with Crippen LogP contribution >= 0.6 is 0 Å². The zero-order valence-corrected chi connectivity index (χ0v) is 9.69. The van der Waals surface area contributed by atoms with E-state index in [1.165, 1.54) is 12.1 Å². The molecular formula is C11H13F4NO3. The first-order valence-corrected chi connectivity index (χ1v) is 5.33. The summed E-state index contributed by atoms with van der Waals surface area (Å²) < 4.78 is 52.8. The Hall–Kier alpha value is -1.54. The lowest BCUT2D eigenvalue weighted by atomic mass is 10.3. The summed E-state index contributed by atoms with van der Waals surface area (Å²) in [6.45, 7) is -0.362. The van der Waals surface area contributed by atoms with Crippen LogP contribution in [0.15, 0.2) is 24.3 Å². The summed E-state index contributed by atoms with van der Waals surface area (Å²) in [4.78, 5) is 0. The van der Waals surface area contributed by atoms with Crippen molar-refractivity contribution >= 4 is 5.69 Å². The Morgan fingerprint density at radius 3 is 2.26 bits per heavy atom. The van der Waals surface area contributed by atoms with E-state index < -0.39 is 31.0 Å². The largest absolute Gasteiger partial charge is 0.461 e. The number of anilines is 1. The van der Waals surface area contributed by atoms with E-state index in [9.17, 15) is 17.6 Å². The summed E-state index contributed by atoms with van der Waals surface area (Å²) in [5.41, 5.74) is 0.459. The van der Waals surface area contributed by atoms with E-state index in [4.69, 9.17) is 10.2 Å². The second-order valence-corrected chi connectivity index (χ2v) is 3.71. The van der Waals surface area contributed by atoms with Crippen LogP contribution in [-0.2, 0) is 0 Å². The van der Waals surface area contributed by atoms with Gasteiger partial charge in [0.05, 0.1) is 12.7 Å². The summed E-state index contributed by atoms with van der Waals surface area (Å²) in [6.07, 6.45) is -9.41. The number of nitrogens with one attached hydrogen (secondary N) is 1. The first-order valence-electron chi connectivity index (χ1n) is 5.33. The smallest absolute Gasteiger partial charge is 0.428 e. The molecule has 108 valence electrons. The highest BCUT2D eigenvalue weighted by Gasteiger charge is 2.43. The van der Waals surface area contributed by atoms with Crippen molar-refractivity contribution in [3.63, 3.8) is 0 Å². The fourth-order valence-electron chi connectivity index (χ4n) is 1.14. The quantitative estimate of drug-likeness (QED) is 0.666. The predicted molar refractivity (Wildman–Crippen MR) is 59.6 cm³/mol. The number of alkyl halides is 4. The molecule has 1 aromatic rings. The third kappa shape index (κ3) is 4.92. The zero-order valence-electron chi connectivity index (χ0n) is 9.69. The maximum Gasteiger partial charge on any atom is 0.461 e. The predicted octanol–water partition coefficient (Wildman–Crippen LogP) is 1.69. The normalized spacial score (nSPS) is 13.4. The fraction of sp³-hybridized carbons (Fsp3) is 0.455. The Kier molecular flexibility index (Phi) is 5.37. The van der Waals surface area contributed by atoms with Crippen LogP contribution in [0.2, 0.25) is 0 Å². The number of rotatable bonds is 7. The van der Waals surface area contributed by atoms with E-state index in [1.807, 2.05) is 0 Å². The molecule has 3 N–H and O–H groups in total. The van der Waals surface area contributed by atoms with Gasteiger partial charge in [0.1, 0.15) is 5.75 Å². The molecule has 0 bridgehead atoms. The minimum atomic E-state index is -4.54. The van der Waals surface area contributed by atoms with Gasteiger partial charge in [-0.15, -0.1) is 0 Å². The molecule has 0 saturated carbocycles. The van der Waals surface area contributed by atoms with Crippen molar-refractivity contribution in [2.75, 3.05) is 18.5 Å². The van der Waals surface area contributed by atoms with Crippen molar-refractivity contribution < 1.29 is 32.5 Å². The molecule has 1 atom stereocenters. The van der Waals surface area contributed by atoms with Crippen molar-refractivity contribution in [3.05, 3.63) is 24.3 Å². The Morgan fingerprint density at radius 1 is 1.21 bits per heavy atom. The van der Waals surface area contributed by atoms with Crippen LogP contribution < -0.4 is 10.1 Å². The molecule has 19 heavy (non-hydrogen) atoms. The monoisotopic (exact) mass is 283 g/mol. The first kappa shape index (κ1) is 15.5. The number of hydrogen-bond donors (Lipinski definition) is 3. The Morgan fingerprint density at radius 2 is 1.79 bits per heavy atom. The molecule has 0 fully saturated rings. The van der Waals surface area contributed by atoms with Crippen molar-refractivity contribution in [3.8, 4) is 5.75 Å². The molecule has 0 saturated heterocycles. The lowest BCUT2D eigenvalue weighted by molar-refractivity contribution is -0.253. The van der Waals surface area contributed by atoms with Crippen molar-refractivity contribution in [2.24, 2.45) is 0 Å². The first-order chi connectivity index (χ1) is 8.85. The van der Waals surface area contributed by atoms with Crippen LogP contribution in [0.4, 0.5) is 23.2 Å². The van der Waals surface area contributed by atoms with Gasteiger partial charge in [0.15, 0.2) is 0 Å². The molecule has 0 spiro atoms. The Bertz CT molecular complexity index is 386. The molecule has 1 aromatic carbocycles. The molecule has 0 amide bonds. The highest BCUT2D eigenvalue weighted by molar-refractivity contribution is 5.46. The Balaban J connectivity index is 2.57. The second kappa shape index (κ2) is 6.58. The minimum Gasteiger partial charge on any atom is -0.428 e. The molecule has 4 nitrogen and oxygen atoms in total. The van der Waals surface area contributed by atoms with E-state index in [2.05, 4.69) is 10.1 Å². The average molecular weight is 283 g/mol. The number of aliphatic hydroxyl groups is 2. The molecule has 1 unspecified atom stereocenters. The average Bonchev–Trinajstić information content (AvgIpc) is 2.37. The topological polar surface area (TPSA) is 61.7 Å². The Labute approximate surface area is 106 Å². The summed E-state index contributed by atoms with van der Waals surface area (Å²) in [5.74, 6) is -0.404. The van der Waals surface area contributed by atoms with Gasteiger partial charge in [-0.05, 0) is 24.3 Å². The second-order valence-electron chi connectivity index (χ2n) is 3.71. The molecular weight excluding hydrogens is 270 g/mol. The van der Waals surface area contributed by atoms with Gasteiger partial charge in [0.2, 0.25) is 0 Å². The summed E-state index contributed by atoms with van der Waals surface area (Å²) >= 11 is 0. The molecule has 0 radical (unpaired) electrons. The van der Waals surface area contributed by atoms with E-state index >= 15 is 0 Å². The number of benzene rings is 1. The lowest BCUT2D eigenvalue weighted by Crippen LogP contribution is -2.33. The zero-order chi connectivity index (χ0) is 14.5. The van der Waals surface area contributed by atoms with Gasteiger partial charge in [0.25, 0.3) is 0 Å². The minimum absolute atomic E-state index is 0.0594. The van der Waals surface area contributed by atoms with Crippen LogP contribution in [0.5, 0.6) is 5.75 Å². The van der Waals surface area contributed by atoms with Crippen LogP contribution in [0.1, 0.15) is 0 Å². The molecule has 0 heterocycles. The number of aliphatic hydroxyl groups excluding tert-OH is 2. The number of halogens is 4. The van der Waals surface area contributed by atoms with Gasteiger partial charge in [-0.2, -0.15) is 17.6 Å². The third-order valence-corrected chi connectivity index (χ3v) is 2.11. The molecule has 1 rings (SSSR count). The maximum absolute atomic E-state index is 12.6. The molecule has 0 aliphatic carbocycles. The van der Waals surface area contributed by atoms with Gasteiger partial charge in [0, 0.05) is 12.2 Å². The number of ether oxygens (including phenoxy) is 1. The summed E-state index contributed by atoms with van der Waals surface area (Å²) in [5, 5.41) is 20.3. The van der Waals surface area contributed by atoms with Crippen LogP contribution in [0.25, 0.3) is 0 Å². The van der Waals surface area contributed by atoms with Crippen LogP contribution in [0.3, 0.4) is 0 Å². The fourth-order valence-corrected chi connectivity index (χ4v) is 1.14. The standard InChI is InChI=1S/C11H13F4NO3/c12-10(13)11(14,15)19-9-3-1-7(2-4-9)16-5-8(18)6-17/h1-4,8,10,16-18H,5-6H2. The molecule has 0 aromatic heterocycles. The number of hydrogen-bond acceptors (Lipinski definition) is 4. The van der Waals surface area contributed by atoms with Gasteiger partial charge >= 0.3 is 12.5 Å². The highest BCUT2D eigenvalue weighted by Crippen LogP contribution is 2.28. The molecule has 0 aliphatic heterocycles. The van der Waals surface area contributed by atoms with Gasteiger partial charge < -0.3 is 20.3 Å². The maximum atomic E-state index is 12.6. The van der Waals surface area contributed by atoms with Crippen LogP contribution in [-0.4, -0.2) is 42.0 Å².